The number of carbonyl (C=O) groups is 1. The summed E-state index contributed by atoms with van der Waals surface area (Å²) in [5.41, 5.74) is 3.20. The summed E-state index contributed by atoms with van der Waals surface area (Å²) in [6.45, 7) is 9.13. The van der Waals surface area contributed by atoms with Crippen LogP contribution >= 0.6 is 0 Å². The predicted octanol–water partition coefficient (Wildman–Crippen LogP) is 4.54. The lowest BCUT2D eigenvalue weighted by Gasteiger charge is -2.23. The van der Waals surface area contributed by atoms with E-state index in [1.807, 2.05) is 13.0 Å². The molecular formula is C19H31N3O. The van der Waals surface area contributed by atoms with E-state index in [-0.39, 0.29) is 6.03 Å². The van der Waals surface area contributed by atoms with Crippen molar-refractivity contribution < 1.29 is 4.79 Å². The molecule has 0 bridgehead atoms. The van der Waals surface area contributed by atoms with E-state index in [2.05, 4.69) is 41.5 Å². The van der Waals surface area contributed by atoms with E-state index in [1.165, 1.54) is 37.8 Å². The van der Waals surface area contributed by atoms with Crippen LogP contribution in [0.4, 0.5) is 16.2 Å². The van der Waals surface area contributed by atoms with Crippen molar-refractivity contribution in [3.63, 3.8) is 0 Å². The minimum atomic E-state index is -0.0886. The summed E-state index contributed by atoms with van der Waals surface area (Å²) in [5.74, 6) is 0.653. The molecule has 23 heavy (non-hydrogen) atoms. The van der Waals surface area contributed by atoms with Gasteiger partial charge in [0.1, 0.15) is 0 Å². The highest BCUT2D eigenvalue weighted by Gasteiger charge is 2.14. The first-order chi connectivity index (χ1) is 11.1. The molecule has 1 saturated carbocycles. The Morgan fingerprint density at radius 2 is 1.87 bits per heavy atom. The van der Waals surface area contributed by atoms with Crippen molar-refractivity contribution in [2.45, 2.75) is 52.9 Å². The van der Waals surface area contributed by atoms with Crippen molar-refractivity contribution in [2.24, 2.45) is 5.92 Å². The number of urea groups is 1. The van der Waals surface area contributed by atoms with Crippen molar-refractivity contribution in [3.8, 4) is 0 Å². The van der Waals surface area contributed by atoms with Crippen LogP contribution in [-0.2, 0) is 0 Å². The van der Waals surface area contributed by atoms with Crippen LogP contribution in [0, 0.1) is 12.8 Å². The van der Waals surface area contributed by atoms with Gasteiger partial charge in [-0.25, -0.2) is 4.79 Å². The second-order valence-electron chi connectivity index (χ2n) is 6.51. The lowest BCUT2D eigenvalue weighted by atomic mass is 9.89. The zero-order valence-corrected chi connectivity index (χ0v) is 14.8. The number of hydrogen-bond donors (Lipinski definition) is 2. The Bertz CT molecular complexity index is 505. The van der Waals surface area contributed by atoms with E-state index in [0.717, 1.165) is 30.9 Å². The predicted molar refractivity (Wildman–Crippen MR) is 98.3 cm³/mol. The maximum absolute atomic E-state index is 12.1. The van der Waals surface area contributed by atoms with Gasteiger partial charge in [0.2, 0.25) is 0 Å². The van der Waals surface area contributed by atoms with E-state index in [0.29, 0.717) is 5.92 Å². The number of aryl methyl sites for hydroxylation is 1. The summed E-state index contributed by atoms with van der Waals surface area (Å²) in [5, 5.41) is 6.01. The standard InChI is InChI=1S/C19H31N3O/c1-4-22(5-2)17-11-12-18(15(3)13-17)21-19(23)20-14-16-9-7-6-8-10-16/h11-13,16H,4-10,14H2,1-3H3,(H2,20,21,23). The number of benzene rings is 1. The molecule has 128 valence electrons. The van der Waals surface area contributed by atoms with Crippen LogP contribution in [0.25, 0.3) is 0 Å². The van der Waals surface area contributed by atoms with Crippen LogP contribution in [0.5, 0.6) is 0 Å². The van der Waals surface area contributed by atoms with Crippen molar-refractivity contribution in [2.75, 3.05) is 29.9 Å². The van der Waals surface area contributed by atoms with Gasteiger partial charge in [-0.05, 0) is 63.3 Å². The van der Waals surface area contributed by atoms with Gasteiger partial charge in [-0.1, -0.05) is 19.3 Å². The fraction of sp³-hybridized carbons (Fsp3) is 0.632. The summed E-state index contributed by atoms with van der Waals surface area (Å²) < 4.78 is 0. The third-order valence-corrected chi connectivity index (χ3v) is 4.86. The molecule has 0 heterocycles. The van der Waals surface area contributed by atoms with E-state index in [4.69, 9.17) is 0 Å². The number of nitrogens with one attached hydrogen (secondary N) is 2. The van der Waals surface area contributed by atoms with E-state index < -0.39 is 0 Å². The minimum Gasteiger partial charge on any atom is -0.372 e. The molecule has 0 unspecified atom stereocenters. The van der Waals surface area contributed by atoms with Gasteiger partial charge in [0.15, 0.2) is 0 Å². The maximum Gasteiger partial charge on any atom is 0.319 e. The molecule has 2 rings (SSSR count). The van der Waals surface area contributed by atoms with Crippen molar-refractivity contribution in [3.05, 3.63) is 23.8 Å². The molecular weight excluding hydrogens is 286 g/mol. The number of amides is 2. The zero-order valence-electron chi connectivity index (χ0n) is 14.8. The zero-order chi connectivity index (χ0) is 16.7. The van der Waals surface area contributed by atoms with Gasteiger partial charge in [0.25, 0.3) is 0 Å². The molecule has 2 N–H and O–H groups in total. The van der Waals surface area contributed by atoms with Crippen molar-refractivity contribution in [1.82, 2.24) is 5.32 Å². The van der Waals surface area contributed by atoms with Gasteiger partial charge in [-0.2, -0.15) is 0 Å². The van der Waals surface area contributed by atoms with E-state index >= 15 is 0 Å². The fourth-order valence-electron chi connectivity index (χ4n) is 3.37. The van der Waals surface area contributed by atoms with E-state index in [1.54, 1.807) is 0 Å². The Morgan fingerprint density at radius 1 is 1.17 bits per heavy atom. The fourth-order valence-corrected chi connectivity index (χ4v) is 3.37. The summed E-state index contributed by atoms with van der Waals surface area (Å²) in [6, 6.07) is 6.14. The number of hydrogen-bond acceptors (Lipinski definition) is 2. The topological polar surface area (TPSA) is 44.4 Å². The average Bonchev–Trinajstić information content (AvgIpc) is 2.57. The molecule has 0 spiro atoms. The molecule has 0 saturated heterocycles. The van der Waals surface area contributed by atoms with Crippen LogP contribution in [-0.4, -0.2) is 25.7 Å². The Morgan fingerprint density at radius 3 is 2.48 bits per heavy atom. The monoisotopic (exact) mass is 317 g/mol. The average molecular weight is 317 g/mol. The molecule has 1 aromatic carbocycles. The van der Waals surface area contributed by atoms with Crippen LogP contribution in [0.15, 0.2) is 18.2 Å². The Hall–Kier alpha value is -1.71. The highest BCUT2D eigenvalue weighted by molar-refractivity contribution is 5.90. The number of nitrogens with zero attached hydrogens (tertiary/aromatic N) is 1. The molecule has 1 fully saturated rings. The first kappa shape index (κ1) is 17.6. The van der Waals surface area contributed by atoms with Crippen LogP contribution in [0.1, 0.15) is 51.5 Å². The lowest BCUT2D eigenvalue weighted by molar-refractivity contribution is 0.247. The molecule has 2 amide bonds. The number of rotatable bonds is 6. The first-order valence-electron chi connectivity index (χ1n) is 9.04. The summed E-state index contributed by atoms with van der Waals surface area (Å²) in [4.78, 5) is 14.4. The van der Waals surface area contributed by atoms with E-state index in [9.17, 15) is 4.79 Å². The van der Waals surface area contributed by atoms with Crippen LogP contribution < -0.4 is 15.5 Å². The van der Waals surface area contributed by atoms with Crippen LogP contribution in [0.3, 0.4) is 0 Å². The normalized spacial score (nSPS) is 15.3. The highest BCUT2D eigenvalue weighted by atomic mass is 16.2. The SMILES string of the molecule is CCN(CC)c1ccc(NC(=O)NCC2CCCCC2)c(C)c1. The van der Waals surface area contributed by atoms with Crippen LogP contribution in [0.2, 0.25) is 0 Å². The number of anilines is 2. The molecule has 0 atom stereocenters. The van der Waals surface area contributed by atoms with Gasteiger partial charge in [0.05, 0.1) is 0 Å². The third kappa shape index (κ3) is 5.15. The first-order valence-corrected chi connectivity index (χ1v) is 9.04. The van der Waals surface area contributed by atoms with Crippen molar-refractivity contribution in [1.29, 1.82) is 0 Å². The van der Waals surface area contributed by atoms with Gasteiger partial charge >= 0.3 is 6.03 Å². The molecule has 1 aliphatic rings. The molecule has 0 radical (unpaired) electrons. The largest absolute Gasteiger partial charge is 0.372 e. The minimum absolute atomic E-state index is 0.0886. The lowest BCUT2D eigenvalue weighted by Crippen LogP contribution is -2.34. The van der Waals surface area contributed by atoms with Crippen molar-refractivity contribution >= 4 is 17.4 Å². The van der Waals surface area contributed by atoms with Gasteiger partial charge in [-0.15, -0.1) is 0 Å². The second-order valence-corrected chi connectivity index (χ2v) is 6.51. The number of carbonyl (C=O) groups excluding carboxylic acids is 1. The molecule has 1 aromatic rings. The van der Waals surface area contributed by atoms with Gasteiger partial charge in [-0.3, -0.25) is 0 Å². The second kappa shape index (κ2) is 8.80. The molecule has 1 aliphatic carbocycles. The molecule has 4 heteroatoms. The molecule has 4 nitrogen and oxygen atoms in total. The smallest absolute Gasteiger partial charge is 0.319 e. The highest BCUT2D eigenvalue weighted by Crippen LogP contribution is 2.24. The third-order valence-electron chi connectivity index (χ3n) is 4.86. The summed E-state index contributed by atoms with van der Waals surface area (Å²) in [7, 11) is 0. The Kier molecular flexibility index (Phi) is 6.75. The van der Waals surface area contributed by atoms with Gasteiger partial charge < -0.3 is 15.5 Å². The molecule has 0 aliphatic heterocycles. The quantitative estimate of drug-likeness (QED) is 0.809. The van der Waals surface area contributed by atoms with Gasteiger partial charge in [0, 0.05) is 31.0 Å². The summed E-state index contributed by atoms with van der Waals surface area (Å²) >= 11 is 0. The molecule has 0 aromatic heterocycles. The summed E-state index contributed by atoms with van der Waals surface area (Å²) in [6.07, 6.45) is 6.45. The Labute approximate surface area is 140 Å². The Balaban J connectivity index is 1.87. The maximum atomic E-state index is 12.1.